The number of ether oxygens (including phenoxy) is 1. The minimum absolute atomic E-state index is 0.367. The highest BCUT2D eigenvalue weighted by Gasteiger charge is 2.19. The molecule has 4 heteroatoms. The minimum atomic E-state index is 0.367. The second-order valence-corrected chi connectivity index (χ2v) is 4.78. The Bertz CT molecular complexity index is 330. The topological polar surface area (TPSA) is 35.0 Å². The fourth-order valence-electron chi connectivity index (χ4n) is 1.64. The lowest BCUT2D eigenvalue weighted by atomic mass is 9.98. The second-order valence-electron chi connectivity index (χ2n) is 3.61. The van der Waals surface area contributed by atoms with E-state index in [1.54, 1.807) is 13.4 Å². The molecule has 3 nitrogen and oxygen atoms in total. The SMILES string of the molecule is CCC(Br)C(C)c1ncnc(OC)c1C. The molecule has 0 saturated carbocycles. The van der Waals surface area contributed by atoms with Crippen molar-refractivity contribution in [1.29, 1.82) is 0 Å². The van der Waals surface area contributed by atoms with Crippen LogP contribution in [0.2, 0.25) is 0 Å². The zero-order valence-corrected chi connectivity index (χ0v) is 11.2. The van der Waals surface area contributed by atoms with Gasteiger partial charge in [-0.3, -0.25) is 0 Å². The zero-order valence-electron chi connectivity index (χ0n) is 9.62. The number of methoxy groups -OCH3 is 1. The quantitative estimate of drug-likeness (QED) is 0.791. The number of halogens is 1. The first-order valence-corrected chi connectivity index (χ1v) is 6.02. The Kier molecular flexibility index (Phi) is 4.51. The molecule has 15 heavy (non-hydrogen) atoms. The summed E-state index contributed by atoms with van der Waals surface area (Å²) in [4.78, 5) is 8.85. The van der Waals surface area contributed by atoms with Gasteiger partial charge in [-0.25, -0.2) is 9.97 Å². The fourth-order valence-corrected chi connectivity index (χ4v) is 1.89. The summed E-state index contributed by atoms with van der Waals surface area (Å²) in [5, 5.41) is 0. The summed E-state index contributed by atoms with van der Waals surface area (Å²) in [5.41, 5.74) is 2.09. The highest BCUT2D eigenvalue weighted by molar-refractivity contribution is 9.09. The first kappa shape index (κ1) is 12.4. The van der Waals surface area contributed by atoms with Gasteiger partial charge in [-0.15, -0.1) is 0 Å². The number of hydrogen-bond acceptors (Lipinski definition) is 3. The van der Waals surface area contributed by atoms with Gasteiger partial charge in [-0.05, 0) is 13.3 Å². The molecule has 1 aromatic rings. The van der Waals surface area contributed by atoms with E-state index in [1.807, 2.05) is 6.92 Å². The molecule has 0 aliphatic carbocycles. The highest BCUT2D eigenvalue weighted by Crippen LogP contribution is 2.29. The maximum Gasteiger partial charge on any atom is 0.219 e. The van der Waals surface area contributed by atoms with E-state index in [0.29, 0.717) is 16.6 Å². The van der Waals surface area contributed by atoms with Crippen LogP contribution in [0, 0.1) is 6.92 Å². The molecule has 0 radical (unpaired) electrons. The average molecular weight is 273 g/mol. The second kappa shape index (κ2) is 5.45. The smallest absolute Gasteiger partial charge is 0.219 e. The van der Waals surface area contributed by atoms with Gasteiger partial charge in [0.15, 0.2) is 0 Å². The summed E-state index contributed by atoms with van der Waals surface area (Å²) in [6.07, 6.45) is 2.64. The molecule has 1 aromatic heterocycles. The Labute approximate surface area is 99.4 Å². The first-order valence-electron chi connectivity index (χ1n) is 5.11. The number of alkyl halides is 1. The van der Waals surface area contributed by atoms with Crippen LogP contribution in [0.4, 0.5) is 0 Å². The van der Waals surface area contributed by atoms with Crippen LogP contribution in [-0.4, -0.2) is 21.9 Å². The number of nitrogens with zero attached hydrogens (tertiary/aromatic N) is 2. The predicted octanol–water partition coefficient (Wildman–Crippen LogP) is 3.07. The third kappa shape index (κ3) is 2.68. The molecular weight excluding hydrogens is 256 g/mol. The van der Waals surface area contributed by atoms with Gasteiger partial charge in [0.2, 0.25) is 5.88 Å². The van der Waals surface area contributed by atoms with E-state index in [-0.39, 0.29) is 0 Å². The van der Waals surface area contributed by atoms with Crippen molar-refractivity contribution in [1.82, 2.24) is 9.97 Å². The van der Waals surface area contributed by atoms with Gasteiger partial charge in [-0.2, -0.15) is 0 Å². The minimum Gasteiger partial charge on any atom is -0.481 e. The normalized spacial score (nSPS) is 14.7. The molecule has 0 fully saturated rings. The van der Waals surface area contributed by atoms with E-state index < -0.39 is 0 Å². The summed E-state index contributed by atoms with van der Waals surface area (Å²) in [5.74, 6) is 1.04. The summed E-state index contributed by atoms with van der Waals surface area (Å²) < 4.78 is 5.18. The molecule has 2 atom stereocenters. The van der Waals surface area contributed by atoms with E-state index in [2.05, 4.69) is 39.7 Å². The predicted molar refractivity (Wildman–Crippen MR) is 64.7 cm³/mol. The van der Waals surface area contributed by atoms with E-state index in [4.69, 9.17) is 4.74 Å². The van der Waals surface area contributed by atoms with E-state index in [1.165, 1.54) is 0 Å². The third-order valence-corrected chi connectivity index (χ3v) is 4.07. The molecule has 2 unspecified atom stereocenters. The lowest BCUT2D eigenvalue weighted by Gasteiger charge is -2.18. The van der Waals surface area contributed by atoms with Crippen LogP contribution in [-0.2, 0) is 0 Å². The molecule has 0 aromatic carbocycles. The number of aromatic nitrogens is 2. The average Bonchev–Trinajstić information content (AvgIpc) is 2.27. The van der Waals surface area contributed by atoms with Crippen LogP contribution in [0.1, 0.15) is 37.4 Å². The third-order valence-electron chi connectivity index (χ3n) is 2.63. The standard InChI is InChI=1S/C11H17BrN2O/c1-5-9(12)7(2)10-8(3)11(15-4)14-6-13-10/h6-7,9H,5H2,1-4H3. The van der Waals surface area contributed by atoms with Crippen molar-refractivity contribution in [2.45, 2.75) is 37.9 Å². The molecule has 0 bridgehead atoms. The van der Waals surface area contributed by atoms with Crippen LogP contribution >= 0.6 is 15.9 Å². The van der Waals surface area contributed by atoms with E-state index in [0.717, 1.165) is 17.7 Å². The molecule has 0 spiro atoms. The van der Waals surface area contributed by atoms with Gasteiger partial charge in [0.05, 0.1) is 12.8 Å². The van der Waals surface area contributed by atoms with Crippen LogP contribution in [0.3, 0.4) is 0 Å². The lowest BCUT2D eigenvalue weighted by Crippen LogP contribution is -2.12. The monoisotopic (exact) mass is 272 g/mol. The summed E-state index contributed by atoms with van der Waals surface area (Å²) in [6, 6.07) is 0. The summed E-state index contributed by atoms with van der Waals surface area (Å²) in [7, 11) is 1.63. The maximum absolute atomic E-state index is 5.18. The van der Waals surface area contributed by atoms with Crippen molar-refractivity contribution < 1.29 is 4.74 Å². The Morgan fingerprint density at radius 3 is 2.67 bits per heavy atom. The van der Waals surface area contributed by atoms with Crippen LogP contribution < -0.4 is 4.74 Å². The Morgan fingerprint density at radius 2 is 2.13 bits per heavy atom. The van der Waals surface area contributed by atoms with Crippen LogP contribution in [0.25, 0.3) is 0 Å². The van der Waals surface area contributed by atoms with Crippen molar-refractivity contribution in [2.75, 3.05) is 7.11 Å². The fraction of sp³-hybridized carbons (Fsp3) is 0.636. The van der Waals surface area contributed by atoms with Gasteiger partial charge >= 0.3 is 0 Å². The van der Waals surface area contributed by atoms with Gasteiger partial charge < -0.3 is 4.74 Å². The van der Waals surface area contributed by atoms with E-state index >= 15 is 0 Å². The molecule has 1 rings (SSSR count). The van der Waals surface area contributed by atoms with Crippen molar-refractivity contribution in [3.8, 4) is 5.88 Å². The molecular formula is C11H17BrN2O. The van der Waals surface area contributed by atoms with Gasteiger partial charge in [-0.1, -0.05) is 29.8 Å². The van der Waals surface area contributed by atoms with Crippen molar-refractivity contribution in [3.05, 3.63) is 17.6 Å². The highest BCUT2D eigenvalue weighted by atomic mass is 79.9. The Hall–Kier alpha value is -0.640. The van der Waals surface area contributed by atoms with Crippen LogP contribution in [0.5, 0.6) is 5.88 Å². The Morgan fingerprint density at radius 1 is 1.47 bits per heavy atom. The summed E-state index contributed by atoms with van der Waals surface area (Å²) in [6.45, 7) is 6.32. The number of hydrogen-bond donors (Lipinski definition) is 0. The maximum atomic E-state index is 5.18. The molecule has 84 valence electrons. The van der Waals surface area contributed by atoms with Crippen molar-refractivity contribution >= 4 is 15.9 Å². The van der Waals surface area contributed by atoms with Crippen LogP contribution in [0.15, 0.2) is 6.33 Å². The zero-order chi connectivity index (χ0) is 11.4. The Balaban J connectivity index is 3.03. The van der Waals surface area contributed by atoms with Crippen molar-refractivity contribution in [3.63, 3.8) is 0 Å². The largest absolute Gasteiger partial charge is 0.481 e. The van der Waals surface area contributed by atoms with Crippen molar-refractivity contribution in [2.24, 2.45) is 0 Å². The molecule has 0 amide bonds. The molecule has 1 heterocycles. The van der Waals surface area contributed by atoms with Gasteiger partial charge in [0.25, 0.3) is 0 Å². The lowest BCUT2D eigenvalue weighted by molar-refractivity contribution is 0.391. The molecule has 0 saturated heterocycles. The summed E-state index contributed by atoms with van der Waals surface area (Å²) >= 11 is 3.66. The van der Waals surface area contributed by atoms with Gasteiger partial charge in [0, 0.05) is 16.3 Å². The molecule has 0 aliphatic rings. The van der Waals surface area contributed by atoms with Gasteiger partial charge in [0.1, 0.15) is 6.33 Å². The molecule has 0 aliphatic heterocycles. The molecule has 0 N–H and O–H groups in total. The van der Waals surface area contributed by atoms with E-state index in [9.17, 15) is 0 Å². The number of rotatable bonds is 4. The first-order chi connectivity index (χ1) is 7.11.